The SMILES string of the molecule is CCOC(=O)C(C)N=Nc1ccc(C(F)(F)F)cc1. The normalized spacial score (nSPS) is 13.5. The van der Waals surface area contributed by atoms with Gasteiger partial charge in [-0.3, -0.25) is 0 Å². The minimum Gasteiger partial charge on any atom is -0.464 e. The van der Waals surface area contributed by atoms with Gasteiger partial charge in [-0.1, -0.05) is 0 Å². The molecule has 1 atom stereocenters. The third kappa shape index (κ3) is 4.69. The van der Waals surface area contributed by atoms with Crippen LogP contribution < -0.4 is 0 Å². The van der Waals surface area contributed by atoms with Gasteiger partial charge in [0, 0.05) is 0 Å². The first kappa shape index (κ1) is 15.1. The predicted octanol–water partition coefficient (Wildman–Crippen LogP) is 3.74. The second-order valence-electron chi connectivity index (χ2n) is 3.69. The van der Waals surface area contributed by atoms with E-state index in [0.717, 1.165) is 12.1 Å². The fourth-order valence-corrected chi connectivity index (χ4v) is 1.18. The smallest absolute Gasteiger partial charge is 0.416 e. The summed E-state index contributed by atoms with van der Waals surface area (Å²) in [5, 5.41) is 7.36. The Morgan fingerprint density at radius 3 is 2.37 bits per heavy atom. The lowest BCUT2D eigenvalue weighted by atomic mass is 10.2. The maximum Gasteiger partial charge on any atom is 0.416 e. The molecule has 0 aromatic heterocycles. The van der Waals surface area contributed by atoms with Crippen molar-refractivity contribution in [1.29, 1.82) is 0 Å². The minimum atomic E-state index is -4.38. The molecule has 4 nitrogen and oxygen atoms in total. The van der Waals surface area contributed by atoms with E-state index in [4.69, 9.17) is 4.74 Å². The molecule has 1 aromatic rings. The van der Waals surface area contributed by atoms with Crippen molar-refractivity contribution in [3.05, 3.63) is 29.8 Å². The highest BCUT2D eigenvalue weighted by atomic mass is 19.4. The molecule has 104 valence electrons. The summed E-state index contributed by atoms with van der Waals surface area (Å²) in [7, 11) is 0. The van der Waals surface area contributed by atoms with Gasteiger partial charge < -0.3 is 4.74 Å². The van der Waals surface area contributed by atoms with E-state index < -0.39 is 23.8 Å². The van der Waals surface area contributed by atoms with Crippen molar-refractivity contribution < 1.29 is 22.7 Å². The highest BCUT2D eigenvalue weighted by molar-refractivity contribution is 5.75. The zero-order valence-electron chi connectivity index (χ0n) is 10.4. The number of halogens is 3. The standard InChI is InChI=1S/C12H13F3N2O2/c1-3-19-11(18)8(2)16-17-10-6-4-9(5-7-10)12(13,14)15/h4-8H,3H2,1-2H3. The molecule has 0 amide bonds. The molecule has 0 N–H and O–H groups in total. The Hall–Kier alpha value is -1.92. The summed E-state index contributed by atoms with van der Waals surface area (Å²) in [6, 6.07) is 3.39. The number of alkyl halides is 3. The first-order valence-electron chi connectivity index (χ1n) is 5.59. The molecule has 1 unspecified atom stereocenters. The van der Waals surface area contributed by atoms with Gasteiger partial charge in [0.05, 0.1) is 17.9 Å². The molecular formula is C12H13F3N2O2. The summed E-state index contributed by atoms with van der Waals surface area (Å²) in [6.07, 6.45) is -4.38. The van der Waals surface area contributed by atoms with Crippen LogP contribution in [0, 0.1) is 0 Å². The van der Waals surface area contributed by atoms with Gasteiger partial charge in [0.2, 0.25) is 0 Å². The van der Waals surface area contributed by atoms with Crippen LogP contribution in [0.1, 0.15) is 19.4 Å². The third-order valence-electron chi connectivity index (χ3n) is 2.17. The van der Waals surface area contributed by atoms with E-state index in [-0.39, 0.29) is 12.3 Å². The molecule has 0 aliphatic heterocycles. The topological polar surface area (TPSA) is 51.0 Å². The summed E-state index contributed by atoms with van der Waals surface area (Å²) in [6.45, 7) is 3.39. The second kappa shape index (κ2) is 6.31. The molecule has 0 heterocycles. The molecule has 0 fully saturated rings. The zero-order valence-corrected chi connectivity index (χ0v) is 10.4. The number of benzene rings is 1. The van der Waals surface area contributed by atoms with Crippen molar-refractivity contribution in [3.8, 4) is 0 Å². The molecule has 19 heavy (non-hydrogen) atoms. The number of rotatable bonds is 4. The van der Waals surface area contributed by atoms with Crippen LogP contribution >= 0.6 is 0 Å². The molecule has 0 aliphatic rings. The Morgan fingerprint density at radius 2 is 1.89 bits per heavy atom. The van der Waals surface area contributed by atoms with E-state index in [1.54, 1.807) is 6.92 Å². The molecule has 0 aliphatic carbocycles. The quantitative estimate of drug-likeness (QED) is 0.620. The minimum absolute atomic E-state index is 0.235. The van der Waals surface area contributed by atoms with Crippen LogP contribution in [-0.2, 0) is 15.7 Å². The van der Waals surface area contributed by atoms with Crippen LogP contribution in [0.25, 0.3) is 0 Å². The van der Waals surface area contributed by atoms with Gasteiger partial charge in [-0.25, -0.2) is 4.79 Å². The van der Waals surface area contributed by atoms with Crippen LogP contribution in [-0.4, -0.2) is 18.6 Å². The number of hydrogen-bond acceptors (Lipinski definition) is 4. The van der Waals surface area contributed by atoms with Gasteiger partial charge in [0.1, 0.15) is 0 Å². The lowest BCUT2D eigenvalue weighted by Crippen LogP contribution is -2.17. The number of esters is 1. The van der Waals surface area contributed by atoms with E-state index in [0.29, 0.717) is 0 Å². The Balaban J connectivity index is 2.70. The van der Waals surface area contributed by atoms with Gasteiger partial charge in [0.25, 0.3) is 0 Å². The number of azo groups is 1. The van der Waals surface area contributed by atoms with Crippen LogP contribution in [0.4, 0.5) is 18.9 Å². The molecule has 0 spiro atoms. The number of nitrogens with zero attached hydrogens (tertiary/aromatic N) is 2. The number of carbonyl (C=O) groups is 1. The van der Waals surface area contributed by atoms with Gasteiger partial charge in [0.15, 0.2) is 6.04 Å². The number of ether oxygens (including phenoxy) is 1. The van der Waals surface area contributed by atoms with Crippen molar-refractivity contribution >= 4 is 11.7 Å². The van der Waals surface area contributed by atoms with E-state index in [2.05, 4.69) is 10.2 Å². The average Bonchev–Trinajstić information content (AvgIpc) is 2.35. The van der Waals surface area contributed by atoms with Gasteiger partial charge >= 0.3 is 12.1 Å². The second-order valence-corrected chi connectivity index (χ2v) is 3.69. The van der Waals surface area contributed by atoms with Crippen molar-refractivity contribution in [2.24, 2.45) is 10.2 Å². The first-order valence-corrected chi connectivity index (χ1v) is 5.59. The molecule has 0 radical (unpaired) electrons. The molecule has 1 aromatic carbocycles. The van der Waals surface area contributed by atoms with Crippen LogP contribution in [0.3, 0.4) is 0 Å². The van der Waals surface area contributed by atoms with Crippen molar-refractivity contribution in [2.75, 3.05) is 6.61 Å². The number of carbonyl (C=O) groups excluding carboxylic acids is 1. The zero-order chi connectivity index (χ0) is 14.5. The van der Waals surface area contributed by atoms with Gasteiger partial charge in [-0.2, -0.15) is 23.4 Å². The fourth-order valence-electron chi connectivity index (χ4n) is 1.18. The summed E-state index contributed by atoms with van der Waals surface area (Å²) in [5.41, 5.74) is -0.519. The monoisotopic (exact) mass is 274 g/mol. The third-order valence-corrected chi connectivity index (χ3v) is 2.17. The Labute approximate surface area is 108 Å². The fraction of sp³-hybridized carbons (Fsp3) is 0.417. The lowest BCUT2D eigenvalue weighted by molar-refractivity contribution is -0.144. The average molecular weight is 274 g/mol. The van der Waals surface area contributed by atoms with E-state index >= 15 is 0 Å². The summed E-state index contributed by atoms with van der Waals surface area (Å²) in [4.78, 5) is 11.2. The van der Waals surface area contributed by atoms with Crippen LogP contribution in [0.2, 0.25) is 0 Å². The van der Waals surface area contributed by atoms with Crippen molar-refractivity contribution in [1.82, 2.24) is 0 Å². The highest BCUT2D eigenvalue weighted by Crippen LogP contribution is 2.30. The molecular weight excluding hydrogens is 261 g/mol. The summed E-state index contributed by atoms with van der Waals surface area (Å²) >= 11 is 0. The first-order chi connectivity index (χ1) is 8.84. The largest absolute Gasteiger partial charge is 0.464 e. The molecule has 1 rings (SSSR count). The lowest BCUT2D eigenvalue weighted by Gasteiger charge is -2.06. The molecule has 0 saturated heterocycles. The Morgan fingerprint density at radius 1 is 1.32 bits per heavy atom. The molecule has 0 bridgehead atoms. The maximum atomic E-state index is 12.3. The van der Waals surface area contributed by atoms with Crippen LogP contribution in [0.5, 0.6) is 0 Å². The van der Waals surface area contributed by atoms with Gasteiger partial charge in [-0.05, 0) is 38.1 Å². The predicted molar refractivity (Wildman–Crippen MR) is 62.1 cm³/mol. The van der Waals surface area contributed by atoms with E-state index in [1.165, 1.54) is 19.1 Å². The van der Waals surface area contributed by atoms with E-state index in [1.807, 2.05) is 0 Å². The van der Waals surface area contributed by atoms with Gasteiger partial charge in [-0.15, -0.1) is 0 Å². The maximum absolute atomic E-state index is 12.3. The van der Waals surface area contributed by atoms with Crippen LogP contribution in [0.15, 0.2) is 34.5 Å². The Kier molecular flexibility index (Phi) is 5.02. The van der Waals surface area contributed by atoms with Crippen molar-refractivity contribution in [3.63, 3.8) is 0 Å². The highest BCUT2D eigenvalue weighted by Gasteiger charge is 2.29. The van der Waals surface area contributed by atoms with Crippen molar-refractivity contribution in [2.45, 2.75) is 26.1 Å². The number of hydrogen-bond donors (Lipinski definition) is 0. The summed E-state index contributed by atoms with van der Waals surface area (Å²) in [5.74, 6) is -0.529. The van der Waals surface area contributed by atoms with E-state index in [9.17, 15) is 18.0 Å². The summed E-state index contributed by atoms with van der Waals surface area (Å²) < 4.78 is 41.6. The molecule has 0 saturated carbocycles. The Bertz CT molecular complexity index is 455. The molecule has 7 heteroatoms.